The highest BCUT2D eigenvalue weighted by Crippen LogP contribution is 2.08. The van der Waals surface area contributed by atoms with Gasteiger partial charge in [-0.15, -0.1) is 0 Å². The molecular weight excluding hydrogens is 335 g/mol. The van der Waals surface area contributed by atoms with Gasteiger partial charge in [-0.2, -0.15) is 0 Å². The number of hydrogen-bond acceptors (Lipinski definition) is 1. The zero-order valence-corrected chi connectivity index (χ0v) is 9.47. The number of nitrogens with zero attached hydrogens (tertiary/aromatic N) is 3. The van der Waals surface area contributed by atoms with Gasteiger partial charge in [-0.3, -0.25) is 4.70 Å². The maximum atomic E-state index is 12.5. The van der Waals surface area contributed by atoms with E-state index in [9.17, 15) is 8.78 Å². The lowest BCUT2D eigenvalue weighted by atomic mass is 10.2. The number of halogens is 11. The summed E-state index contributed by atoms with van der Waals surface area (Å²) in [5, 5.41) is 3.17. The third-order valence-electron chi connectivity index (χ3n) is 1.24. The zero-order chi connectivity index (χ0) is 17.0. The second-order valence-corrected chi connectivity index (χ2v) is 2.17. The van der Waals surface area contributed by atoms with Crippen LogP contribution in [0.3, 0.4) is 0 Å². The molecule has 0 aliphatic carbocycles. The molecule has 3 nitrogen and oxygen atoms in total. The molecule has 126 valence electrons. The van der Waals surface area contributed by atoms with Crippen LogP contribution >= 0.6 is 0 Å². The van der Waals surface area contributed by atoms with Crippen molar-refractivity contribution in [1.29, 1.82) is 0 Å². The average Bonchev–Trinajstić information content (AvgIpc) is 2.52. The molecule has 0 fully saturated rings. The van der Waals surface area contributed by atoms with Gasteiger partial charge in [0, 0.05) is 47.6 Å². The number of azide groups is 1. The molecule has 0 aliphatic rings. The van der Waals surface area contributed by atoms with Crippen LogP contribution in [0.4, 0.5) is 50.1 Å². The summed E-state index contributed by atoms with van der Waals surface area (Å²) in [6, 6.07) is 3.01. The molecule has 0 amide bonds. The highest BCUT2D eigenvalue weighted by Gasteiger charge is 1.98. The van der Waals surface area contributed by atoms with E-state index in [1.807, 2.05) is 0 Å². The Morgan fingerprint density at radius 1 is 0.810 bits per heavy atom. The summed E-state index contributed by atoms with van der Waals surface area (Å²) in [6.07, 6.45) is 0. The smallest absolute Gasteiger partial charge is 0.126 e. The maximum Gasteiger partial charge on any atom is 0.126 e. The Hall–Kier alpha value is -2.24. The Labute approximate surface area is 109 Å². The Morgan fingerprint density at radius 2 is 1.14 bits per heavy atom. The Kier molecular flexibility index (Phi) is 45.6. The second-order valence-electron chi connectivity index (χ2n) is 2.17. The van der Waals surface area contributed by atoms with Crippen LogP contribution in [0.5, 0.6) is 0 Å². The molecule has 1 rings (SSSR count). The van der Waals surface area contributed by atoms with Crippen LogP contribution in [0.2, 0.25) is 0 Å². The summed E-state index contributed by atoms with van der Waals surface area (Å²) in [5.41, 5.74) is 8.26. The molecule has 0 N–H and O–H groups in total. The molecule has 14 heteroatoms. The first-order chi connectivity index (χ1) is 9.72. The molecule has 0 aliphatic heterocycles. The van der Waals surface area contributed by atoms with E-state index in [-0.39, 0.29) is 11.2 Å². The quantitative estimate of drug-likeness (QED) is 0.263. The fourth-order valence-corrected chi connectivity index (χ4v) is 0.816. The van der Waals surface area contributed by atoms with Crippen LogP contribution < -0.4 is 0 Å². The van der Waals surface area contributed by atoms with Crippen LogP contribution in [0, 0.1) is 11.6 Å². The summed E-state index contributed by atoms with van der Waals surface area (Å²) >= 11 is 0. The molecule has 1 aromatic rings. The van der Waals surface area contributed by atoms with E-state index < -0.39 is 11.6 Å². The molecule has 0 bridgehead atoms. The van der Waals surface area contributed by atoms with Crippen molar-refractivity contribution in [2.24, 2.45) is 5.11 Å². The fourth-order valence-electron chi connectivity index (χ4n) is 0.816. The summed E-state index contributed by atoms with van der Waals surface area (Å²) < 4.78 is 89.0. The van der Waals surface area contributed by atoms with Gasteiger partial charge in [0.25, 0.3) is 0 Å². The molecular formula is C7H6F11N3. The van der Waals surface area contributed by atoms with Gasteiger partial charge in [0.15, 0.2) is 0 Å². The Morgan fingerprint density at radius 3 is 1.43 bits per heavy atom. The lowest BCUT2D eigenvalue weighted by Gasteiger charge is -1.95. The van der Waals surface area contributed by atoms with Crippen LogP contribution in [-0.2, 0) is 6.54 Å². The number of hydrogen-bond donors (Lipinski definition) is 0. The summed E-state index contributed by atoms with van der Waals surface area (Å²) in [7, 11) is 0. The molecule has 0 radical (unpaired) electrons. The summed E-state index contributed by atoms with van der Waals surface area (Å²) in [6.45, 7) is -0.0365. The topological polar surface area (TPSA) is 48.8 Å². The van der Waals surface area contributed by atoms with Crippen molar-refractivity contribution in [1.82, 2.24) is 0 Å². The molecule has 0 spiro atoms. The van der Waals surface area contributed by atoms with Crippen LogP contribution in [0.25, 0.3) is 10.4 Å². The lowest BCUT2D eigenvalue weighted by Crippen LogP contribution is -1.85. The van der Waals surface area contributed by atoms with E-state index >= 15 is 0 Å². The second kappa shape index (κ2) is 30.6. The van der Waals surface area contributed by atoms with Gasteiger partial charge >= 0.3 is 0 Å². The van der Waals surface area contributed by atoms with Crippen molar-refractivity contribution in [2.75, 3.05) is 0 Å². The summed E-state index contributed by atoms with van der Waals surface area (Å²) in [5.74, 6) is -1.34. The SMILES string of the molecule is F.FF.FF.FF.FF.[N-]=[N+]=NCc1cc(F)cc(F)c1. The number of rotatable bonds is 2. The number of benzene rings is 1. The van der Waals surface area contributed by atoms with Crippen LogP contribution in [-0.4, -0.2) is 0 Å². The normalized spacial score (nSPS) is 6.38. The van der Waals surface area contributed by atoms with Crippen molar-refractivity contribution >= 4 is 0 Å². The minimum Gasteiger partial charge on any atom is -0.269 e. The third kappa shape index (κ3) is 23.3. The zero-order valence-electron chi connectivity index (χ0n) is 9.47. The predicted octanol–water partition coefficient (Wildman–Crippen LogP) is 6.29. The predicted molar refractivity (Wildman–Crippen MR) is 50.6 cm³/mol. The fraction of sp³-hybridized carbons (Fsp3) is 0.143. The van der Waals surface area contributed by atoms with Crippen LogP contribution in [0.15, 0.2) is 23.3 Å². The standard InChI is InChI=1S/C7H5F2N3.4F2.FH/c8-6-1-5(4-11-12-10)2-7(9)3-6;4*1-2;/h1-3H,4H2;;;;;1H. The van der Waals surface area contributed by atoms with E-state index in [4.69, 9.17) is 42.1 Å². The van der Waals surface area contributed by atoms with Crippen molar-refractivity contribution in [3.63, 3.8) is 0 Å². The lowest BCUT2D eigenvalue weighted by molar-refractivity contribution is 0.108. The Balaban J connectivity index is -0.0000000823. The molecule has 0 atom stereocenters. The molecule has 0 saturated carbocycles. The first-order valence-corrected chi connectivity index (χ1v) is 3.75. The molecule has 0 saturated heterocycles. The molecule has 21 heavy (non-hydrogen) atoms. The van der Waals surface area contributed by atoms with Gasteiger partial charge in [0.1, 0.15) is 11.6 Å². The van der Waals surface area contributed by atoms with E-state index in [2.05, 4.69) is 10.0 Å². The monoisotopic (exact) mass is 341 g/mol. The first-order valence-electron chi connectivity index (χ1n) is 3.75. The van der Waals surface area contributed by atoms with Crippen molar-refractivity contribution < 1.29 is 50.1 Å². The summed E-state index contributed by atoms with van der Waals surface area (Å²) in [4.78, 5) is 2.47. The van der Waals surface area contributed by atoms with Gasteiger partial charge in [-0.25, -0.2) is 8.78 Å². The van der Waals surface area contributed by atoms with Gasteiger partial charge in [-0.05, 0) is 23.2 Å². The molecule has 0 heterocycles. The molecule has 0 aromatic heterocycles. The molecule has 0 unspecified atom stereocenters. The van der Waals surface area contributed by atoms with Crippen molar-refractivity contribution in [3.05, 3.63) is 45.8 Å². The van der Waals surface area contributed by atoms with Gasteiger partial charge in [-0.1, -0.05) is 5.11 Å². The highest BCUT2D eigenvalue weighted by atomic mass is 20.0. The Bertz CT molecular complexity index is 324. The molecule has 1 aromatic carbocycles. The van der Waals surface area contributed by atoms with Crippen molar-refractivity contribution in [3.8, 4) is 0 Å². The van der Waals surface area contributed by atoms with Gasteiger partial charge in [0.2, 0.25) is 0 Å². The van der Waals surface area contributed by atoms with E-state index in [0.29, 0.717) is 5.56 Å². The first kappa shape index (κ1) is 31.3. The van der Waals surface area contributed by atoms with E-state index in [1.54, 1.807) is 0 Å². The minimum atomic E-state index is -0.668. The maximum absolute atomic E-state index is 12.5. The van der Waals surface area contributed by atoms with Crippen LogP contribution in [0.1, 0.15) is 5.56 Å². The third-order valence-corrected chi connectivity index (χ3v) is 1.24. The average molecular weight is 341 g/mol. The highest BCUT2D eigenvalue weighted by molar-refractivity contribution is 5.17. The van der Waals surface area contributed by atoms with Gasteiger partial charge < -0.3 is 0 Å². The van der Waals surface area contributed by atoms with E-state index in [0.717, 1.165) is 18.2 Å². The van der Waals surface area contributed by atoms with Gasteiger partial charge in [0.05, 0.1) is 6.54 Å². The van der Waals surface area contributed by atoms with E-state index in [1.165, 1.54) is 0 Å². The minimum absolute atomic E-state index is 0. The van der Waals surface area contributed by atoms with Crippen molar-refractivity contribution in [2.45, 2.75) is 6.54 Å². The largest absolute Gasteiger partial charge is 0.269 e.